The molecular formula is C13H17N5O. The summed E-state index contributed by atoms with van der Waals surface area (Å²) in [5, 5.41) is 10.1. The third-order valence-electron chi connectivity index (χ3n) is 2.74. The van der Waals surface area contributed by atoms with Gasteiger partial charge in [-0.3, -0.25) is 14.5 Å². The standard InChI is InChI=1S/C13H17N5O/c1-14-12(19)8-16-7-11-9-18(2)17-13(11)10-3-5-15-6-4-10/h3-6,9,16H,7-8H2,1-2H3,(H,14,19). The number of hydrogen-bond donors (Lipinski definition) is 2. The fourth-order valence-electron chi connectivity index (χ4n) is 1.82. The molecule has 0 saturated carbocycles. The number of nitrogens with one attached hydrogen (secondary N) is 2. The summed E-state index contributed by atoms with van der Waals surface area (Å²) >= 11 is 0. The maximum absolute atomic E-state index is 11.2. The van der Waals surface area contributed by atoms with Crippen molar-refractivity contribution in [1.82, 2.24) is 25.4 Å². The Bertz CT molecular complexity index is 549. The van der Waals surface area contributed by atoms with Crippen molar-refractivity contribution in [1.29, 1.82) is 0 Å². The summed E-state index contributed by atoms with van der Waals surface area (Å²) in [6, 6.07) is 3.84. The van der Waals surface area contributed by atoms with Crippen LogP contribution in [0.4, 0.5) is 0 Å². The molecule has 1 amide bonds. The van der Waals surface area contributed by atoms with Gasteiger partial charge in [-0.1, -0.05) is 0 Å². The molecule has 2 rings (SSSR count). The highest BCUT2D eigenvalue weighted by Crippen LogP contribution is 2.20. The molecule has 19 heavy (non-hydrogen) atoms. The van der Waals surface area contributed by atoms with E-state index in [0.717, 1.165) is 16.8 Å². The van der Waals surface area contributed by atoms with E-state index < -0.39 is 0 Å². The molecule has 0 aliphatic rings. The van der Waals surface area contributed by atoms with Crippen molar-refractivity contribution in [2.24, 2.45) is 7.05 Å². The van der Waals surface area contributed by atoms with Crippen LogP contribution in [0.25, 0.3) is 11.3 Å². The van der Waals surface area contributed by atoms with Crippen molar-refractivity contribution >= 4 is 5.91 Å². The average Bonchev–Trinajstić information content (AvgIpc) is 2.80. The number of amides is 1. The lowest BCUT2D eigenvalue weighted by Gasteiger charge is -2.04. The number of likely N-dealkylation sites (N-methyl/N-ethyl adjacent to an activating group) is 1. The van der Waals surface area contributed by atoms with Crippen LogP contribution in [0.3, 0.4) is 0 Å². The zero-order valence-electron chi connectivity index (χ0n) is 11.1. The number of hydrogen-bond acceptors (Lipinski definition) is 4. The van der Waals surface area contributed by atoms with Crippen LogP contribution in [0, 0.1) is 0 Å². The maximum atomic E-state index is 11.2. The van der Waals surface area contributed by atoms with E-state index >= 15 is 0 Å². The van der Waals surface area contributed by atoms with Crippen LogP contribution in [-0.2, 0) is 18.4 Å². The zero-order chi connectivity index (χ0) is 13.7. The van der Waals surface area contributed by atoms with Crippen molar-refractivity contribution in [2.45, 2.75) is 6.54 Å². The normalized spacial score (nSPS) is 10.4. The molecule has 0 radical (unpaired) electrons. The van der Waals surface area contributed by atoms with Gasteiger partial charge in [0.1, 0.15) is 0 Å². The van der Waals surface area contributed by atoms with E-state index in [1.54, 1.807) is 24.1 Å². The Hall–Kier alpha value is -2.21. The second-order valence-electron chi connectivity index (χ2n) is 4.19. The topological polar surface area (TPSA) is 71.8 Å². The Balaban J connectivity index is 2.11. The minimum absolute atomic E-state index is 0.0330. The fraction of sp³-hybridized carbons (Fsp3) is 0.308. The van der Waals surface area contributed by atoms with Crippen LogP contribution >= 0.6 is 0 Å². The largest absolute Gasteiger partial charge is 0.358 e. The zero-order valence-corrected chi connectivity index (χ0v) is 11.1. The molecule has 2 N–H and O–H groups in total. The number of aryl methyl sites for hydroxylation is 1. The number of aromatic nitrogens is 3. The van der Waals surface area contributed by atoms with Crippen LogP contribution in [0.15, 0.2) is 30.7 Å². The summed E-state index contributed by atoms with van der Waals surface area (Å²) in [6.07, 6.45) is 5.43. The monoisotopic (exact) mass is 259 g/mol. The van der Waals surface area contributed by atoms with Gasteiger partial charge >= 0.3 is 0 Å². The number of pyridine rings is 1. The quantitative estimate of drug-likeness (QED) is 0.811. The summed E-state index contributed by atoms with van der Waals surface area (Å²) in [6.45, 7) is 0.889. The van der Waals surface area contributed by atoms with Crippen molar-refractivity contribution < 1.29 is 4.79 Å². The number of nitrogens with zero attached hydrogens (tertiary/aromatic N) is 3. The summed E-state index contributed by atoms with van der Waals surface area (Å²) in [5.41, 5.74) is 2.99. The highest BCUT2D eigenvalue weighted by Gasteiger charge is 2.10. The molecule has 0 spiro atoms. The Kier molecular flexibility index (Phi) is 4.25. The van der Waals surface area contributed by atoms with Crippen LogP contribution in [0.5, 0.6) is 0 Å². The fourth-order valence-corrected chi connectivity index (χ4v) is 1.82. The summed E-state index contributed by atoms with van der Waals surface area (Å²) in [5.74, 6) is -0.0330. The molecule has 0 bridgehead atoms. The molecule has 2 heterocycles. The van der Waals surface area contributed by atoms with Crippen LogP contribution < -0.4 is 10.6 Å². The summed E-state index contributed by atoms with van der Waals surface area (Å²) < 4.78 is 1.77. The molecule has 2 aromatic heterocycles. The van der Waals surface area contributed by atoms with Crippen LogP contribution in [-0.4, -0.2) is 34.3 Å². The van der Waals surface area contributed by atoms with Crippen LogP contribution in [0.1, 0.15) is 5.56 Å². The van der Waals surface area contributed by atoms with Gasteiger partial charge in [0.2, 0.25) is 5.91 Å². The lowest BCUT2D eigenvalue weighted by molar-refractivity contribution is -0.119. The number of rotatable bonds is 5. The first-order valence-corrected chi connectivity index (χ1v) is 6.05. The van der Waals surface area contributed by atoms with E-state index in [1.165, 1.54) is 0 Å². The predicted molar refractivity (Wildman–Crippen MR) is 72.2 cm³/mol. The molecule has 6 nitrogen and oxygen atoms in total. The van der Waals surface area contributed by atoms with Gasteiger partial charge in [-0.05, 0) is 12.1 Å². The molecule has 0 aliphatic heterocycles. The number of carbonyl (C=O) groups excluding carboxylic acids is 1. The second kappa shape index (κ2) is 6.10. The maximum Gasteiger partial charge on any atom is 0.233 e. The molecule has 0 atom stereocenters. The average molecular weight is 259 g/mol. The molecule has 6 heteroatoms. The van der Waals surface area contributed by atoms with Gasteiger partial charge in [0.05, 0.1) is 12.2 Å². The van der Waals surface area contributed by atoms with E-state index in [1.807, 2.05) is 25.4 Å². The van der Waals surface area contributed by atoms with E-state index in [4.69, 9.17) is 0 Å². The third-order valence-corrected chi connectivity index (χ3v) is 2.74. The molecule has 100 valence electrons. The Morgan fingerprint density at radius 3 is 2.79 bits per heavy atom. The Labute approximate surface area is 111 Å². The molecule has 0 aliphatic carbocycles. The van der Waals surface area contributed by atoms with Gasteiger partial charge in [-0.15, -0.1) is 0 Å². The SMILES string of the molecule is CNC(=O)CNCc1cn(C)nc1-c1ccncc1. The Morgan fingerprint density at radius 2 is 2.11 bits per heavy atom. The molecule has 0 fully saturated rings. The first-order chi connectivity index (χ1) is 9.20. The highest BCUT2D eigenvalue weighted by atomic mass is 16.1. The van der Waals surface area contributed by atoms with Crippen LogP contribution in [0.2, 0.25) is 0 Å². The molecule has 2 aromatic rings. The minimum atomic E-state index is -0.0330. The van der Waals surface area contributed by atoms with E-state index in [9.17, 15) is 4.79 Å². The van der Waals surface area contributed by atoms with E-state index in [-0.39, 0.29) is 5.91 Å². The molecule has 0 unspecified atom stereocenters. The molecule has 0 saturated heterocycles. The van der Waals surface area contributed by atoms with E-state index in [0.29, 0.717) is 13.1 Å². The second-order valence-corrected chi connectivity index (χ2v) is 4.19. The summed E-state index contributed by atoms with van der Waals surface area (Å²) in [7, 11) is 3.50. The van der Waals surface area contributed by atoms with Gasteiger partial charge in [-0.25, -0.2) is 0 Å². The first-order valence-electron chi connectivity index (χ1n) is 6.05. The number of carbonyl (C=O) groups is 1. The lowest BCUT2D eigenvalue weighted by atomic mass is 10.1. The molecular weight excluding hydrogens is 242 g/mol. The van der Waals surface area contributed by atoms with Gasteiger partial charge in [0, 0.05) is 50.4 Å². The van der Waals surface area contributed by atoms with Crippen molar-refractivity contribution in [3.63, 3.8) is 0 Å². The van der Waals surface area contributed by atoms with Gasteiger partial charge < -0.3 is 10.6 Å². The van der Waals surface area contributed by atoms with Crippen molar-refractivity contribution in [3.05, 3.63) is 36.3 Å². The summed E-state index contributed by atoms with van der Waals surface area (Å²) in [4.78, 5) is 15.2. The van der Waals surface area contributed by atoms with Crippen molar-refractivity contribution in [3.8, 4) is 11.3 Å². The van der Waals surface area contributed by atoms with Gasteiger partial charge in [0.15, 0.2) is 0 Å². The highest BCUT2D eigenvalue weighted by molar-refractivity contribution is 5.77. The minimum Gasteiger partial charge on any atom is -0.358 e. The van der Waals surface area contributed by atoms with Crippen molar-refractivity contribution in [2.75, 3.05) is 13.6 Å². The van der Waals surface area contributed by atoms with Gasteiger partial charge in [-0.2, -0.15) is 5.10 Å². The predicted octanol–water partition coefficient (Wildman–Crippen LogP) is 0.318. The molecule has 0 aromatic carbocycles. The van der Waals surface area contributed by atoms with E-state index in [2.05, 4.69) is 20.7 Å². The van der Waals surface area contributed by atoms with Gasteiger partial charge in [0.25, 0.3) is 0 Å². The Morgan fingerprint density at radius 1 is 1.37 bits per heavy atom. The third kappa shape index (κ3) is 3.38. The first kappa shape index (κ1) is 13.2. The lowest BCUT2D eigenvalue weighted by Crippen LogP contribution is -2.31. The smallest absolute Gasteiger partial charge is 0.233 e.